The molecule has 0 atom stereocenters. The minimum Gasteiger partial charge on any atom is -0.468 e. The van der Waals surface area contributed by atoms with Crippen molar-refractivity contribution < 1.29 is 9.15 Å². The van der Waals surface area contributed by atoms with Crippen LogP contribution in [0.5, 0.6) is 0 Å². The van der Waals surface area contributed by atoms with Gasteiger partial charge in [-0.25, -0.2) is 0 Å². The molecule has 1 N–H and O–H groups in total. The van der Waals surface area contributed by atoms with Crippen LogP contribution in [-0.2, 0) is 17.8 Å². The van der Waals surface area contributed by atoms with Crippen LogP contribution in [0, 0.1) is 0 Å². The van der Waals surface area contributed by atoms with Gasteiger partial charge in [-0.05, 0) is 20.2 Å². The molecular weight excluding hydrogens is 192 g/mol. The minimum atomic E-state index is 0.749. The second-order valence-electron chi connectivity index (χ2n) is 3.63. The van der Waals surface area contributed by atoms with Gasteiger partial charge in [0.15, 0.2) is 0 Å². The van der Waals surface area contributed by atoms with Crippen molar-refractivity contribution in [3.63, 3.8) is 0 Å². The molecule has 0 saturated carbocycles. The maximum Gasteiger partial charge on any atom is 0.122 e. The third-order valence-electron chi connectivity index (χ3n) is 2.30. The van der Waals surface area contributed by atoms with Crippen molar-refractivity contribution in [1.82, 2.24) is 10.2 Å². The van der Waals surface area contributed by atoms with E-state index in [4.69, 9.17) is 9.15 Å². The third kappa shape index (κ3) is 4.03. The van der Waals surface area contributed by atoms with Gasteiger partial charge in [0.1, 0.15) is 5.76 Å². The Morgan fingerprint density at radius 1 is 1.53 bits per heavy atom. The van der Waals surface area contributed by atoms with Gasteiger partial charge in [0, 0.05) is 25.8 Å². The van der Waals surface area contributed by atoms with E-state index in [0.717, 1.165) is 32.0 Å². The van der Waals surface area contributed by atoms with Crippen LogP contribution in [0.3, 0.4) is 0 Å². The largest absolute Gasteiger partial charge is 0.468 e. The van der Waals surface area contributed by atoms with E-state index in [-0.39, 0.29) is 0 Å². The number of methoxy groups -OCH3 is 1. The summed E-state index contributed by atoms with van der Waals surface area (Å²) in [5.41, 5.74) is 1.22. The summed E-state index contributed by atoms with van der Waals surface area (Å²) in [4.78, 5) is 2.18. The molecule has 0 unspecified atom stereocenters. The molecule has 0 radical (unpaired) electrons. The lowest BCUT2D eigenvalue weighted by Gasteiger charge is -2.15. The fourth-order valence-electron chi connectivity index (χ4n) is 1.43. The van der Waals surface area contributed by atoms with Gasteiger partial charge in [0.25, 0.3) is 0 Å². The molecule has 0 aromatic carbocycles. The van der Waals surface area contributed by atoms with Crippen molar-refractivity contribution in [3.05, 3.63) is 23.7 Å². The quantitative estimate of drug-likeness (QED) is 0.734. The number of nitrogens with zero attached hydrogens (tertiary/aromatic N) is 1. The van der Waals surface area contributed by atoms with Gasteiger partial charge >= 0.3 is 0 Å². The summed E-state index contributed by atoms with van der Waals surface area (Å²) in [5.74, 6) is 1.03. The Morgan fingerprint density at radius 3 is 3.00 bits per heavy atom. The average Bonchev–Trinajstić information content (AvgIpc) is 2.63. The topological polar surface area (TPSA) is 37.6 Å². The van der Waals surface area contributed by atoms with Gasteiger partial charge in [-0.15, -0.1) is 0 Å². The molecule has 0 bridgehead atoms. The molecule has 1 aromatic rings. The molecule has 86 valence electrons. The van der Waals surface area contributed by atoms with Crippen molar-refractivity contribution in [3.8, 4) is 0 Å². The molecule has 1 aromatic heterocycles. The highest BCUT2D eigenvalue weighted by Crippen LogP contribution is 2.12. The molecule has 0 aliphatic carbocycles. The highest BCUT2D eigenvalue weighted by atomic mass is 16.5. The Kier molecular flexibility index (Phi) is 5.39. The number of hydrogen-bond acceptors (Lipinski definition) is 4. The van der Waals surface area contributed by atoms with E-state index in [1.165, 1.54) is 5.56 Å². The lowest BCUT2D eigenvalue weighted by atomic mass is 10.2. The molecule has 0 spiro atoms. The van der Waals surface area contributed by atoms with E-state index >= 15 is 0 Å². The van der Waals surface area contributed by atoms with Gasteiger partial charge in [0.2, 0.25) is 0 Å². The summed E-state index contributed by atoms with van der Waals surface area (Å²) >= 11 is 0. The van der Waals surface area contributed by atoms with Crippen molar-refractivity contribution in [2.75, 3.05) is 34.4 Å². The first-order chi connectivity index (χ1) is 7.27. The Bertz CT molecular complexity index is 273. The van der Waals surface area contributed by atoms with Crippen LogP contribution in [0.1, 0.15) is 11.3 Å². The van der Waals surface area contributed by atoms with E-state index in [2.05, 4.69) is 17.3 Å². The summed E-state index contributed by atoms with van der Waals surface area (Å²) in [6, 6.07) is 2.01. The SMILES string of the molecule is CNCc1ccoc1CN(C)CCOC. The van der Waals surface area contributed by atoms with Gasteiger partial charge in [-0.2, -0.15) is 0 Å². The number of furan rings is 1. The summed E-state index contributed by atoms with van der Waals surface area (Å²) < 4.78 is 10.5. The predicted octanol–water partition coefficient (Wildman–Crippen LogP) is 1.08. The van der Waals surface area contributed by atoms with Gasteiger partial charge in [0.05, 0.1) is 19.4 Å². The Hall–Kier alpha value is -0.840. The first-order valence-electron chi connectivity index (χ1n) is 5.15. The van der Waals surface area contributed by atoms with E-state index < -0.39 is 0 Å². The van der Waals surface area contributed by atoms with Crippen LogP contribution in [0.25, 0.3) is 0 Å². The fraction of sp³-hybridized carbons (Fsp3) is 0.636. The Morgan fingerprint density at radius 2 is 2.33 bits per heavy atom. The maximum atomic E-state index is 5.45. The van der Waals surface area contributed by atoms with E-state index in [1.54, 1.807) is 13.4 Å². The summed E-state index contributed by atoms with van der Waals surface area (Å²) in [6.07, 6.45) is 1.74. The summed E-state index contributed by atoms with van der Waals surface area (Å²) in [7, 11) is 5.71. The molecule has 15 heavy (non-hydrogen) atoms. The molecule has 4 heteroatoms. The lowest BCUT2D eigenvalue weighted by molar-refractivity contribution is 0.154. The molecule has 1 heterocycles. The van der Waals surface area contributed by atoms with Crippen LogP contribution in [-0.4, -0.2) is 39.3 Å². The van der Waals surface area contributed by atoms with Crippen LogP contribution in [0.4, 0.5) is 0 Å². The number of nitrogens with one attached hydrogen (secondary N) is 1. The molecule has 4 nitrogen and oxygen atoms in total. The number of likely N-dealkylation sites (N-methyl/N-ethyl adjacent to an activating group) is 1. The standard InChI is InChI=1S/C11H20N2O2/c1-12-8-10-4-6-15-11(10)9-13(2)5-7-14-3/h4,6,12H,5,7-9H2,1-3H3. The van der Waals surface area contributed by atoms with Crippen LogP contribution >= 0.6 is 0 Å². The van der Waals surface area contributed by atoms with Crippen molar-refractivity contribution >= 4 is 0 Å². The van der Waals surface area contributed by atoms with Gasteiger partial charge in [-0.1, -0.05) is 0 Å². The second kappa shape index (κ2) is 6.61. The highest BCUT2D eigenvalue weighted by Gasteiger charge is 2.08. The van der Waals surface area contributed by atoms with E-state index in [1.807, 2.05) is 13.1 Å². The first kappa shape index (κ1) is 12.2. The minimum absolute atomic E-state index is 0.749. The van der Waals surface area contributed by atoms with Gasteiger partial charge < -0.3 is 14.5 Å². The van der Waals surface area contributed by atoms with Gasteiger partial charge in [-0.3, -0.25) is 4.90 Å². The van der Waals surface area contributed by atoms with E-state index in [9.17, 15) is 0 Å². The molecule has 0 saturated heterocycles. The first-order valence-corrected chi connectivity index (χ1v) is 5.15. The molecule has 0 aliphatic rings. The fourth-order valence-corrected chi connectivity index (χ4v) is 1.43. The number of hydrogen-bond donors (Lipinski definition) is 1. The molecule has 0 fully saturated rings. The second-order valence-corrected chi connectivity index (χ2v) is 3.63. The average molecular weight is 212 g/mol. The Balaban J connectivity index is 2.44. The zero-order valence-electron chi connectivity index (χ0n) is 9.75. The van der Waals surface area contributed by atoms with Crippen LogP contribution in [0.15, 0.2) is 16.7 Å². The molecule has 1 rings (SSSR count). The van der Waals surface area contributed by atoms with Crippen LogP contribution < -0.4 is 5.32 Å². The van der Waals surface area contributed by atoms with Crippen molar-refractivity contribution in [2.24, 2.45) is 0 Å². The number of ether oxygens (including phenoxy) is 1. The van der Waals surface area contributed by atoms with Crippen molar-refractivity contribution in [2.45, 2.75) is 13.1 Å². The zero-order chi connectivity index (χ0) is 11.1. The number of rotatable bonds is 7. The third-order valence-corrected chi connectivity index (χ3v) is 2.30. The molecular formula is C11H20N2O2. The Labute approximate surface area is 91.2 Å². The van der Waals surface area contributed by atoms with Crippen molar-refractivity contribution in [1.29, 1.82) is 0 Å². The molecule has 0 aliphatic heterocycles. The normalized spacial score (nSPS) is 11.2. The zero-order valence-corrected chi connectivity index (χ0v) is 9.75. The maximum absolute atomic E-state index is 5.45. The van der Waals surface area contributed by atoms with Crippen LogP contribution in [0.2, 0.25) is 0 Å². The monoisotopic (exact) mass is 212 g/mol. The summed E-state index contributed by atoms with van der Waals surface area (Å²) in [6.45, 7) is 3.34. The lowest BCUT2D eigenvalue weighted by Crippen LogP contribution is -2.23. The van der Waals surface area contributed by atoms with E-state index in [0.29, 0.717) is 0 Å². The predicted molar refractivity (Wildman–Crippen MR) is 59.7 cm³/mol. The summed E-state index contributed by atoms with van der Waals surface area (Å²) in [5, 5.41) is 3.12. The molecule has 0 amide bonds. The highest BCUT2D eigenvalue weighted by molar-refractivity contribution is 5.16. The smallest absolute Gasteiger partial charge is 0.122 e.